The van der Waals surface area contributed by atoms with Gasteiger partial charge in [-0.2, -0.15) is 0 Å². The molecule has 0 aromatic heterocycles. The van der Waals surface area contributed by atoms with E-state index in [1.54, 1.807) is 0 Å². The molecule has 0 aromatic carbocycles. The quantitative estimate of drug-likeness (QED) is 0.623. The van der Waals surface area contributed by atoms with E-state index in [2.05, 4.69) is 29.4 Å². The molecule has 4 nitrogen and oxygen atoms in total. The number of amides is 1. The molecule has 4 heteroatoms. The van der Waals surface area contributed by atoms with Crippen molar-refractivity contribution in [1.82, 2.24) is 15.5 Å². The number of hydrogen-bond acceptors (Lipinski definition) is 3. The van der Waals surface area contributed by atoms with Gasteiger partial charge < -0.3 is 15.5 Å². The lowest BCUT2D eigenvalue weighted by molar-refractivity contribution is -0.121. The maximum Gasteiger partial charge on any atom is 0.221 e. The molecule has 17 heavy (non-hydrogen) atoms. The van der Waals surface area contributed by atoms with Crippen molar-refractivity contribution < 1.29 is 4.79 Å². The predicted molar refractivity (Wildman–Crippen MR) is 71.1 cm³/mol. The van der Waals surface area contributed by atoms with Crippen LogP contribution < -0.4 is 10.6 Å². The second kappa shape index (κ2) is 8.48. The lowest BCUT2D eigenvalue weighted by Gasteiger charge is -2.18. The topological polar surface area (TPSA) is 44.4 Å². The molecule has 100 valence electrons. The summed E-state index contributed by atoms with van der Waals surface area (Å²) in [6.07, 6.45) is 4.05. The van der Waals surface area contributed by atoms with Crippen LogP contribution in [-0.4, -0.2) is 49.6 Å². The minimum absolute atomic E-state index is 0.198. The summed E-state index contributed by atoms with van der Waals surface area (Å²) in [6.45, 7) is 9.49. The van der Waals surface area contributed by atoms with Gasteiger partial charge in [-0.25, -0.2) is 0 Å². The summed E-state index contributed by atoms with van der Waals surface area (Å²) in [7, 11) is 0. The zero-order valence-corrected chi connectivity index (χ0v) is 11.3. The molecule has 1 amide bonds. The van der Waals surface area contributed by atoms with Gasteiger partial charge in [0.1, 0.15) is 0 Å². The van der Waals surface area contributed by atoms with Crippen LogP contribution in [0.5, 0.6) is 0 Å². The van der Waals surface area contributed by atoms with Crippen LogP contribution in [0.25, 0.3) is 0 Å². The standard InChI is InChI=1S/C13H27N3O/c1-3-16(4-2)10-6-9-15-13(17)11-12-7-5-8-14-12/h12,14H,3-11H2,1-2H3,(H,15,17). The van der Waals surface area contributed by atoms with Crippen molar-refractivity contribution >= 4 is 5.91 Å². The second-order valence-electron chi connectivity index (χ2n) is 4.73. The van der Waals surface area contributed by atoms with Gasteiger partial charge in [0.2, 0.25) is 5.91 Å². The number of rotatable bonds is 8. The van der Waals surface area contributed by atoms with Gasteiger partial charge in [-0.1, -0.05) is 13.8 Å². The van der Waals surface area contributed by atoms with Crippen molar-refractivity contribution in [3.8, 4) is 0 Å². The normalized spacial score (nSPS) is 19.8. The molecule has 0 radical (unpaired) electrons. The molecule has 2 N–H and O–H groups in total. The minimum Gasteiger partial charge on any atom is -0.356 e. The molecule has 1 heterocycles. The van der Waals surface area contributed by atoms with Gasteiger partial charge in [-0.05, 0) is 45.4 Å². The lowest BCUT2D eigenvalue weighted by Crippen LogP contribution is -2.33. The molecule has 0 aliphatic carbocycles. The number of nitrogens with zero attached hydrogens (tertiary/aromatic N) is 1. The van der Waals surface area contributed by atoms with Gasteiger partial charge >= 0.3 is 0 Å². The van der Waals surface area contributed by atoms with Crippen molar-refractivity contribution in [3.63, 3.8) is 0 Å². The average molecular weight is 241 g/mol. The van der Waals surface area contributed by atoms with E-state index in [1.807, 2.05) is 0 Å². The monoisotopic (exact) mass is 241 g/mol. The molecule has 1 atom stereocenters. The van der Waals surface area contributed by atoms with Gasteiger partial charge in [0, 0.05) is 19.0 Å². The highest BCUT2D eigenvalue weighted by Crippen LogP contribution is 2.07. The number of hydrogen-bond donors (Lipinski definition) is 2. The zero-order valence-electron chi connectivity index (χ0n) is 11.3. The molecular weight excluding hydrogens is 214 g/mol. The fraction of sp³-hybridized carbons (Fsp3) is 0.923. The highest BCUT2D eigenvalue weighted by molar-refractivity contribution is 5.76. The van der Waals surface area contributed by atoms with Crippen molar-refractivity contribution in [2.45, 2.75) is 45.6 Å². The van der Waals surface area contributed by atoms with Crippen LogP contribution in [0.15, 0.2) is 0 Å². The molecule has 1 fully saturated rings. The molecule has 1 unspecified atom stereocenters. The maximum absolute atomic E-state index is 11.6. The first-order valence-corrected chi connectivity index (χ1v) is 6.98. The average Bonchev–Trinajstić information content (AvgIpc) is 2.82. The predicted octanol–water partition coefficient (Wildman–Crippen LogP) is 0.977. The summed E-state index contributed by atoms with van der Waals surface area (Å²) >= 11 is 0. The Morgan fingerprint density at radius 2 is 2.18 bits per heavy atom. The Kier molecular flexibility index (Phi) is 7.21. The summed E-state index contributed by atoms with van der Waals surface area (Å²) in [5, 5.41) is 6.35. The van der Waals surface area contributed by atoms with E-state index in [-0.39, 0.29) is 5.91 Å². The third-order valence-corrected chi connectivity index (χ3v) is 3.46. The molecular formula is C13H27N3O. The Labute approximate surface area is 105 Å². The summed E-state index contributed by atoms with van der Waals surface area (Å²) in [4.78, 5) is 14.0. The van der Waals surface area contributed by atoms with Gasteiger partial charge in [0.15, 0.2) is 0 Å². The first-order chi connectivity index (χ1) is 8.26. The van der Waals surface area contributed by atoms with Crippen LogP contribution in [0, 0.1) is 0 Å². The number of nitrogens with one attached hydrogen (secondary N) is 2. The van der Waals surface area contributed by atoms with Crippen LogP contribution >= 0.6 is 0 Å². The Morgan fingerprint density at radius 1 is 1.41 bits per heavy atom. The summed E-state index contributed by atoms with van der Waals surface area (Å²) in [6, 6.07) is 0.415. The largest absolute Gasteiger partial charge is 0.356 e. The summed E-state index contributed by atoms with van der Waals surface area (Å²) in [5.41, 5.74) is 0. The number of carbonyl (C=O) groups is 1. The maximum atomic E-state index is 11.6. The molecule has 0 saturated carbocycles. The van der Waals surface area contributed by atoms with Gasteiger partial charge in [0.25, 0.3) is 0 Å². The van der Waals surface area contributed by atoms with Crippen LogP contribution in [0.2, 0.25) is 0 Å². The second-order valence-corrected chi connectivity index (χ2v) is 4.73. The zero-order chi connectivity index (χ0) is 12.5. The highest BCUT2D eigenvalue weighted by Gasteiger charge is 2.16. The first-order valence-electron chi connectivity index (χ1n) is 6.98. The molecule has 1 aliphatic rings. The van der Waals surface area contributed by atoms with E-state index in [4.69, 9.17) is 0 Å². The van der Waals surface area contributed by atoms with Crippen LogP contribution in [-0.2, 0) is 4.79 Å². The molecule has 0 bridgehead atoms. The fourth-order valence-electron chi connectivity index (χ4n) is 2.30. The smallest absolute Gasteiger partial charge is 0.221 e. The minimum atomic E-state index is 0.198. The van der Waals surface area contributed by atoms with E-state index in [0.717, 1.165) is 45.6 Å². The Balaban J connectivity index is 1.99. The molecule has 0 aromatic rings. The fourth-order valence-corrected chi connectivity index (χ4v) is 2.30. The summed E-state index contributed by atoms with van der Waals surface area (Å²) < 4.78 is 0. The van der Waals surface area contributed by atoms with Gasteiger partial charge in [0.05, 0.1) is 0 Å². The first kappa shape index (κ1) is 14.5. The van der Waals surface area contributed by atoms with Crippen LogP contribution in [0.4, 0.5) is 0 Å². The van der Waals surface area contributed by atoms with E-state index in [0.29, 0.717) is 12.5 Å². The van der Waals surface area contributed by atoms with E-state index < -0.39 is 0 Å². The molecule has 0 spiro atoms. The van der Waals surface area contributed by atoms with Crippen molar-refractivity contribution in [1.29, 1.82) is 0 Å². The van der Waals surface area contributed by atoms with Crippen molar-refractivity contribution in [3.05, 3.63) is 0 Å². The third kappa shape index (κ3) is 6.03. The van der Waals surface area contributed by atoms with Crippen LogP contribution in [0.3, 0.4) is 0 Å². The third-order valence-electron chi connectivity index (χ3n) is 3.46. The van der Waals surface area contributed by atoms with E-state index in [1.165, 1.54) is 6.42 Å². The van der Waals surface area contributed by atoms with E-state index >= 15 is 0 Å². The van der Waals surface area contributed by atoms with Crippen molar-refractivity contribution in [2.75, 3.05) is 32.7 Å². The van der Waals surface area contributed by atoms with Crippen molar-refractivity contribution in [2.24, 2.45) is 0 Å². The lowest BCUT2D eigenvalue weighted by atomic mass is 10.1. The number of carbonyl (C=O) groups excluding carboxylic acids is 1. The molecule has 1 saturated heterocycles. The molecule has 1 rings (SSSR count). The summed E-state index contributed by atoms with van der Waals surface area (Å²) in [5.74, 6) is 0.198. The Morgan fingerprint density at radius 3 is 2.76 bits per heavy atom. The SMILES string of the molecule is CCN(CC)CCCNC(=O)CC1CCCN1. The van der Waals surface area contributed by atoms with Crippen LogP contribution in [0.1, 0.15) is 39.5 Å². The Hall–Kier alpha value is -0.610. The van der Waals surface area contributed by atoms with Gasteiger partial charge in [-0.15, -0.1) is 0 Å². The van der Waals surface area contributed by atoms with Gasteiger partial charge in [-0.3, -0.25) is 4.79 Å². The highest BCUT2D eigenvalue weighted by atomic mass is 16.1. The van der Waals surface area contributed by atoms with E-state index in [9.17, 15) is 4.79 Å². The Bertz CT molecular complexity index is 211. The molecule has 1 aliphatic heterocycles.